The zero-order valence-corrected chi connectivity index (χ0v) is 13.2. The number of aliphatic hydroxyl groups is 1. The zero-order chi connectivity index (χ0) is 16.1. The van der Waals surface area contributed by atoms with Crippen molar-refractivity contribution in [2.45, 2.75) is 25.5 Å². The van der Waals surface area contributed by atoms with Crippen molar-refractivity contribution >= 4 is 5.91 Å². The number of amides is 1. The molecule has 22 heavy (non-hydrogen) atoms. The average molecular weight is 309 g/mol. The highest BCUT2D eigenvalue weighted by Gasteiger charge is 2.26. The fourth-order valence-corrected chi connectivity index (χ4v) is 2.68. The summed E-state index contributed by atoms with van der Waals surface area (Å²) in [6, 6.07) is 3.63. The van der Waals surface area contributed by atoms with Crippen molar-refractivity contribution in [2.24, 2.45) is 0 Å². The van der Waals surface area contributed by atoms with Gasteiger partial charge in [0.2, 0.25) is 5.91 Å². The number of hydrogen-bond donors (Lipinski definition) is 2. The van der Waals surface area contributed by atoms with Gasteiger partial charge >= 0.3 is 0 Å². The van der Waals surface area contributed by atoms with E-state index in [-0.39, 0.29) is 25.2 Å². The predicted octanol–water partition coefficient (Wildman–Crippen LogP) is 1.26. The lowest BCUT2D eigenvalue weighted by atomic mass is 9.93. The number of rotatable bonds is 6. The molecule has 0 bridgehead atoms. The summed E-state index contributed by atoms with van der Waals surface area (Å²) in [5, 5.41) is 13.1. The maximum absolute atomic E-state index is 11.8. The molecule has 1 aromatic rings. The summed E-state index contributed by atoms with van der Waals surface area (Å²) in [6.45, 7) is 2.73. The number of aliphatic hydroxyl groups excluding tert-OH is 1. The van der Waals surface area contributed by atoms with Gasteiger partial charge in [0.15, 0.2) is 0 Å². The molecule has 1 heterocycles. The number of benzene rings is 1. The van der Waals surface area contributed by atoms with E-state index in [0.717, 1.165) is 22.4 Å². The standard InChI is InChI=1S/C16H23NO5/c1-10-6-11(14(18)8-20-2)7-12-13(4-5-22-16(10)12)17-15(19)9-21-3/h6-7,13-14,18H,4-5,8-9H2,1-3H3,(H,17,19). The fraction of sp³-hybridized carbons (Fsp3) is 0.562. The van der Waals surface area contributed by atoms with E-state index >= 15 is 0 Å². The van der Waals surface area contributed by atoms with Crippen molar-refractivity contribution in [3.63, 3.8) is 0 Å². The largest absolute Gasteiger partial charge is 0.493 e. The molecule has 2 unspecified atom stereocenters. The van der Waals surface area contributed by atoms with Gasteiger partial charge in [-0.3, -0.25) is 4.79 Å². The molecule has 1 aliphatic rings. The van der Waals surface area contributed by atoms with Crippen LogP contribution >= 0.6 is 0 Å². The summed E-state index contributed by atoms with van der Waals surface area (Å²) in [6.07, 6.45) is -0.0163. The van der Waals surface area contributed by atoms with Gasteiger partial charge in [0.1, 0.15) is 18.5 Å². The minimum Gasteiger partial charge on any atom is -0.493 e. The molecule has 2 rings (SSSR count). The smallest absolute Gasteiger partial charge is 0.246 e. The van der Waals surface area contributed by atoms with E-state index in [2.05, 4.69) is 5.32 Å². The van der Waals surface area contributed by atoms with Crippen LogP contribution in [0.3, 0.4) is 0 Å². The minimum absolute atomic E-state index is 0.0255. The van der Waals surface area contributed by atoms with Crippen molar-refractivity contribution in [3.8, 4) is 5.75 Å². The molecule has 0 aromatic heterocycles. The molecule has 6 nitrogen and oxygen atoms in total. The highest BCUT2D eigenvalue weighted by molar-refractivity contribution is 5.78. The van der Waals surface area contributed by atoms with Crippen LogP contribution < -0.4 is 10.1 Å². The lowest BCUT2D eigenvalue weighted by Gasteiger charge is -2.29. The molecule has 6 heteroatoms. The third-order valence-corrected chi connectivity index (χ3v) is 3.67. The molecule has 1 aromatic carbocycles. The van der Waals surface area contributed by atoms with E-state index in [0.29, 0.717) is 13.0 Å². The van der Waals surface area contributed by atoms with Crippen LogP contribution in [0.25, 0.3) is 0 Å². The van der Waals surface area contributed by atoms with Crippen LogP contribution in [-0.4, -0.2) is 45.1 Å². The van der Waals surface area contributed by atoms with Gasteiger partial charge in [0.05, 0.1) is 19.3 Å². The molecular weight excluding hydrogens is 286 g/mol. The number of hydrogen-bond acceptors (Lipinski definition) is 5. The van der Waals surface area contributed by atoms with Crippen LogP contribution in [0.5, 0.6) is 5.75 Å². The Hall–Kier alpha value is -1.63. The normalized spacial score (nSPS) is 18.3. The molecule has 0 aliphatic carbocycles. The molecule has 0 saturated heterocycles. The first-order valence-corrected chi connectivity index (χ1v) is 7.29. The van der Waals surface area contributed by atoms with Crippen LogP contribution in [-0.2, 0) is 14.3 Å². The SMILES string of the molecule is COCC(=O)NC1CCOc2c(C)cc(C(O)COC)cc21. The lowest BCUT2D eigenvalue weighted by Crippen LogP contribution is -2.34. The number of fused-ring (bicyclic) bond motifs is 1. The molecule has 1 aliphatic heterocycles. The first-order valence-electron chi connectivity index (χ1n) is 7.29. The van der Waals surface area contributed by atoms with E-state index in [1.165, 1.54) is 7.11 Å². The molecule has 0 saturated carbocycles. The molecular formula is C16H23NO5. The Kier molecular flexibility index (Phi) is 5.76. The minimum atomic E-state index is -0.703. The predicted molar refractivity (Wildman–Crippen MR) is 80.9 cm³/mol. The Morgan fingerprint density at radius 3 is 2.91 bits per heavy atom. The zero-order valence-electron chi connectivity index (χ0n) is 13.2. The summed E-state index contributed by atoms with van der Waals surface area (Å²) >= 11 is 0. The van der Waals surface area contributed by atoms with Crippen molar-refractivity contribution in [3.05, 3.63) is 28.8 Å². The fourth-order valence-electron chi connectivity index (χ4n) is 2.68. The molecule has 0 spiro atoms. The van der Waals surface area contributed by atoms with Gasteiger partial charge in [-0.25, -0.2) is 0 Å². The second-order valence-electron chi connectivity index (χ2n) is 5.42. The van der Waals surface area contributed by atoms with Gasteiger partial charge in [-0.1, -0.05) is 0 Å². The van der Waals surface area contributed by atoms with Crippen molar-refractivity contribution in [2.75, 3.05) is 34.0 Å². The van der Waals surface area contributed by atoms with Gasteiger partial charge < -0.3 is 24.6 Å². The molecule has 122 valence electrons. The van der Waals surface area contributed by atoms with Crippen LogP contribution in [0.2, 0.25) is 0 Å². The Bertz CT molecular complexity index is 532. The van der Waals surface area contributed by atoms with Gasteiger partial charge in [-0.05, 0) is 30.2 Å². The Morgan fingerprint density at radius 2 is 2.23 bits per heavy atom. The van der Waals surface area contributed by atoms with Crippen LogP contribution in [0.1, 0.15) is 35.3 Å². The first-order chi connectivity index (χ1) is 10.6. The van der Waals surface area contributed by atoms with Crippen molar-refractivity contribution < 1.29 is 24.1 Å². The number of carbonyl (C=O) groups is 1. The average Bonchev–Trinajstić information content (AvgIpc) is 2.48. The van der Waals surface area contributed by atoms with E-state index < -0.39 is 6.10 Å². The topological polar surface area (TPSA) is 77.0 Å². The quantitative estimate of drug-likeness (QED) is 0.827. The van der Waals surface area contributed by atoms with Crippen molar-refractivity contribution in [1.29, 1.82) is 0 Å². The number of ether oxygens (including phenoxy) is 3. The number of nitrogens with one attached hydrogen (secondary N) is 1. The van der Waals surface area contributed by atoms with Crippen LogP contribution in [0.4, 0.5) is 0 Å². The third-order valence-electron chi connectivity index (χ3n) is 3.67. The number of aryl methyl sites for hydroxylation is 1. The first kappa shape index (κ1) is 16.7. The van der Waals surface area contributed by atoms with Gasteiger partial charge in [-0.15, -0.1) is 0 Å². The Labute approximate surface area is 130 Å². The monoisotopic (exact) mass is 309 g/mol. The maximum Gasteiger partial charge on any atom is 0.246 e. The van der Waals surface area contributed by atoms with E-state index in [9.17, 15) is 9.90 Å². The lowest BCUT2D eigenvalue weighted by molar-refractivity contribution is -0.125. The summed E-state index contributed by atoms with van der Waals surface area (Å²) in [4.78, 5) is 11.8. The highest BCUT2D eigenvalue weighted by Crippen LogP contribution is 2.37. The summed E-state index contributed by atoms with van der Waals surface area (Å²) < 4.78 is 15.6. The summed E-state index contributed by atoms with van der Waals surface area (Å²) in [7, 11) is 3.03. The van der Waals surface area contributed by atoms with Gasteiger partial charge in [0, 0.05) is 26.2 Å². The van der Waals surface area contributed by atoms with E-state index in [4.69, 9.17) is 14.2 Å². The summed E-state index contributed by atoms with van der Waals surface area (Å²) in [5.74, 6) is 0.614. The molecule has 0 fully saturated rings. The van der Waals surface area contributed by atoms with Gasteiger partial charge in [0.25, 0.3) is 0 Å². The molecule has 2 N–H and O–H groups in total. The van der Waals surface area contributed by atoms with Gasteiger partial charge in [-0.2, -0.15) is 0 Å². The maximum atomic E-state index is 11.8. The van der Waals surface area contributed by atoms with E-state index in [1.807, 2.05) is 19.1 Å². The van der Waals surface area contributed by atoms with Crippen LogP contribution in [0.15, 0.2) is 12.1 Å². The van der Waals surface area contributed by atoms with Crippen LogP contribution in [0, 0.1) is 6.92 Å². The number of carbonyl (C=O) groups excluding carboxylic acids is 1. The van der Waals surface area contributed by atoms with Crippen molar-refractivity contribution in [1.82, 2.24) is 5.32 Å². The summed E-state index contributed by atoms with van der Waals surface area (Å²) in [5.41, 5.74) is 2.59. The Balaban J connectivity index is 2.29. The second-order valence-corrected chi connectivity index (χ2v) is 5.42. The molecule has 2 atom stereocenters. The highest BCUT2D eigenvalue weighted by atomic mass is 16.5. The third kappa shape index (κ3) is 3.76. The second kappa shape index (κ2) is 7.58. The molecule has 0 radical (unpaired) electrons. The Morgan fingerprint density at radius 1 is 1.45 bits per heavy atom. The van der Waals surface area contributed by atoms with E-state index in [1.54, 1.807) is 7.11 Å². The number of methoxy groups -OCH3 is 2. The molecule has 1 amide bonds.